The number of anilines is 1. The highest BCUT2D eigenvalue weighted by molar-refractivity contribution is 7.80. The summed E-state index contributed by atoms with van der Waals surface area (Å²) in [6.45, 7) is 8.86. The van der Waals surface area contributed by atoms with Crippen LogP contribution in [-0.4, -0.2) is 11.2 Å². The Hall–Kier alpha value is -2.07. The Bertz CT molecular complexity index is 663. The van der Waals surface area contributed by atoms with Crippen molar-refractivity contribution in [1.29, 1.82) is 0 Å². The van der Waals surface area contributed by atoms with Gasteiger partial charge < -0.3 is 15.4 Å². The van der Waals surface area contributed by atoms with Crippen molar-refractivity contribution in [3.8, 4) is 5.75 Å². The number of hydrogen-bond donors (Lipinski definition) is 2. The predicted octanol–water partition coefficient (Wildman–Crippen LogP) is 4.58. The summed E-state index contributed by atoms with van der Waals surface area (Å²) in [5.41, 5.74) is 4.58. The highest BCUT2D eigenvalue weighted by atomic mass is 32.1. The first kappa shape index (κ1) is 17.3. The standard InChI is InChI=1S/C19H24N2OS/c1-13(2)22-18-7-5-6-16(11-18)12-20-19(23)21-17-9-14(3)8-15(4)10-17/h5-11,13H,12H2,1-4H3,(H2,20,21,23). The van der Waals surface area contributed by atoms with Crippen molar-refractivity contribution in [1.82, 2.24) is 5.32 Å². The summed E-state index contributed by atoms with van der Waals surface area (Å²) >= 11 is 5.37. The zero-order chi connectivity index (χ0) is 16.8. The van der Waals surface area contributed by atoms with Gasteiger partial charge >= 0.3 is 0 Å². The third-order valence-electron chi connectivity index (χ3n) is 3.20. The summed E-state index contributed by atoms with van der Waals surface area (Å²) in [7, 11) is 0. The quantitative estimate of drug-likeness (QED) is 0.787. The third-order valence-corrected chi connectivity index (χ3v) is 3.45. The van der Waals surface area contributed by atoms with Crippen LogP contribution in [0.4, 0.5) is 5.69 Å². The number of hydrogen-bond acceptors (Lipinski definition) is 2. The molecular formula is C19H24N2OS. The Labute approximate surface area is 144 Å². The molecule has 0 unspecified atom stereocenters. The minimum atomic E-state index is 0.172. The minimum absolute atomic E-state index is 0.172. The van der Waals surface area contributed by atoms with E-state index in [-0.39, 0.29) is 6.10 Å². The van der Waals surface area contributed by atoms with Gasteiger partial charge in [-0.2, -0.15) is 0 Å². The molecule has 4 heteroatoms. The molecule has 0 heterocycles. The van der Waals surface area contributed by atoms with Crippen LogP contribution in [0.2, 0.25) is 0 Å². The van der Waals surface area contributed by atoms with Crippen LogP contribution in [0.25, 0.3) is 0 Å². The fraction of sp³-hybridized carbons (Fsp3) is 0.316. The van der Waals surface area contributed by atoms with Gasteiger partial charge in [-0.15, -0.1) is 0 Å². The third kappa shape index (κ3) is 5.91. The van der Waals surface area contributed by atoms with E-state index in [4.69, 9.17) is 17.0 Å². The van der Waals surface area contributed by atoms with E-state index in [1.54, 1.807) is 0 Å². The van der Waals surface area contributed by atoms with Crippen molar-refractivity contribution in [3.05, 3.63) is 59.2 Å². The molecule has 0 amide bonds. The van der Waals surface area contributed by atoms with Gasteiger partial charge in [0.1, 0.15) is 5.75 Å². The van der Waals surface area contributed by atoms with Crippen LogP contribution < -0.4 is 15.4 Å². The summed E-state index contributed by atoms with van der Waals surface area (Å²) in [6, 6.07) is 14.4. The number of nitrogens with one attached hydrogen (secondary N) is 2. The molecule has 0 bridgehead atoms. The normalized spacial score (nSPS) is 10.5. The van der Waals surface area contributed by atoms with Crippen LogP contribution in [0.3, 0.4) is 0 Å². The summed E-state index contributed by atoms with van der Waals surface area (Å²) in [4.78, 5) is 0. The summed E-state index contributed by atoms with van der Waals surface area (Å²) in [5.74, 6) is 0.882. The molecule has 2 aromatic rings. The van der Waals surface area contributed by atoms with Gasteiger partial charge in [0.05, 0.1) is 6.10 Å². The molecule has 0 saturated heterocycles. The summed E-state index contributed by atoms with van der Waals surface area (Å²) in [5, 5.41) is 7.08. The van der Waals surface area contributed by atoms with E-state index < -0.39 is 0 Å². The second-order valence-electron chi connectivity index (χ2n) is 6.00. The van der Waals surface area contributed by atoms with Crippen LogP contribution in [0.5, 0.6) is 5.75 Å². The molecule has 2 N–H and O–H groups in total. The maximum atomic E-state index is 5.71. The molecular weight excluding hydrogens is 304 g/mol. The lowest BCUT2D eigenvalue weighted by Crippen LogP contribution is -2.27. The molecule has 0 radical (unpaired) electrons. The molecule has 2 rings (SSSR count). The molecule has 0 aliphatic rings. The van der Waals surface area contributed by atoms with Crippen molar-refractivity contribution in [3.63, 3.8) is 0 Å². The molecule has 23 heavy (non-hydrogen) atoms. The predicted molar refractivity (Wildman–Crippen MR) is 101 cm³/mol. The molecule has 0 atom stereocenters. The van der Waals surface area contributed by atoms with Crippen molar-refractivity contribution >= 4 is 23.0 Å². The van der Waals surface area contributed by atoms with Gasteiger partial charge in [-0.3, -0.25) is 0 Å². The van der Waals surface area contributed by atoms with Crippen LogP contribution in [0.15, 0.2) is 42.5 Å². The lowest BCUT2D eigenvalue weighted by atomic mass is 10.1. The van der Waals surface area contributed by atoms with Gasteiger partial charge in [0.2, 0.25) is 0 Å². The fourth-order valence-electron chi connectivity index (χ4n) is 2.41. The number of aryl methyl sites for hydroxylation is 2. The molecule has 0 aliphatic heterocycles. The Morgan fingerprint density at radius 1 is 1.09 bits per heavy atom. The van der Waals surface area contributed by atoms with Crippen LogP contribution in [0.1, 0.15) is 30.5 Å². The average Bonchev–Trinajstić information content (AvgIpc) is 2.43. The van der Waals surface area contributed by atoms with Gasteiger partial charge in [-0.05, 0) is 80.9 Å². The molecule has 3 nitrogen and oxygen atoms in total. The Morgan fingerprint density at radius 2 is 1.78 bits per heavy atom. The van der Waals surface area contributed by atoms with Crippen molar-refractivity contribution < 1.29 is 4.74 Å². The second kappa shape index (κ2) is 7.97. The smallest absolute Gasteiger partial charge is 0.171 e. The highest BCUT2D eigenvalue weighted by Crippen LogP contribution is 2.15. The van der Waals surface area contributed by atoms with Crippen molar-refractivity contribution in [2.45, 2.75) is 40.3 Å². The largest absolute Gasteiger partial charge is 0.491 e. The van der Waals surface area contributed by atoms with Gasteiger partial charge in [-0.1, -0.05) is 18.2 Å². The zero-order valence-electron chi connectivity index (χ0n) is 14.1. The van der Waals surface area contributed by atoms with Gasteiger partial charge in [0.15, 0.2) is 5.11 Å². The number of benzene rings is 2. The number of ether oxygens (including phenoxy) is 1. The Morgan fingerprint density at radius 3 is 2.43 bits per heavy atom. The van der Waals surface area contributed by atoms with Crippen LogP contribution >= 0.6 is 12.2 Å². The van der Waals surface area contributed by atoms with E-state index in [0.717, 1.165) is 17.0 Å². The first-order chi connectivity index (χ1) is 10.9. The van der Waals surface area contributed by atoms with E-state index in [0.29, 0.717) is 11.7 Å². The summed E-state index contributed by atoms with van der Waals surface area (Å²) in [6.07, 6.45) is 0.172. The fourth-order valence-corrected chi connectivity index (χ4v) is 2.60. The monoisotopic (exact) mass is 328 g/mol. The Balaban J connectivity index is 1.91. The second-order valence-corrected chi connectivity index (χ2v) is 6.41. The molecule has 0 saturated carbocycles. The van der Waals surface area contributed by atoms with E-state index in [1.165, 1.54) is 11.1 Å². The molecule has 2 aromatic carbocycles. The number of thiocarbonyl (C=S) groups is 1. The van der Waals surface area contributed by atoms with Crippen LogP contribution in [0, 0.1) is 13.8 Å². The molecule has 0 aromatic heterocycles. The average molecular weight is 328 g/mol. The van der Waals surface area contributed by atoms with E-state index >= 15 is 0 Å². The van der Waals surface area contributed by atoms with E-state index in [1.807, 2.05) is 32.0 Å². The van der Waals surface area contributed by atoms with Gasteiger partial charge in [0, 0.05) is 12.2 Å². The highest BCUT2D eigenvalue weighted by Gasteiger charge is 2.02. The maximum Gasteiger partial charge on any atom is 0.171 e. The van der Waals surface area contributed by atoms with Crippen molar-refractivity contribution in [2.75, 3.05) is 5.32 Å². The molecule has 0 aliphatic carbocycles. The SMILES string of the molecule is Cc1cc(C)cc(NC(=S)NCc2cccc(OC(C)C)c2)c1. The molecule has 0 fully saturated rings. The lowest BCUT2D eigenvalue weighted by Gasteiger charge is -2.13. The maximum absolute atomic E-state index is 5.71. The van der Waals surface area contributed by atoms with Crippen molar-refractivity contribution in [2.24, 2.45) is 0 Å². The zero-order valence-corrected chi connectivity index (χ0v) is 15.0. The van der Waals surface area contributed by atoms with Gasteiger partial charge in [0.25, 0.3) is 0 Å². The minimum Gasteiger partial charge on any atom is -0.491 e. The Kier molecular flexibility index (Phi) is 5.99. The summed E-state index contributed by atoms with van der Waals surface area (Å²) < 4.78 is 5.71. The lowest BCUT2D eigenvalue weighted by molar-refractivity contribution is 0.242. The number of rotatable bonds is 5. The van der Waals surface area contributed by atoms with E-state index in [2.05, 4.69) is 48.7 Å². The van der Waals surface area contributed by atoms with E-state index in [9.17, 15) is 0 Å². The first-order valence-electron chi connectivity index (χ1n) is 7.81. The van der Waals surface area contributed by atoms with Crippen LogP contribution in [-0.2, 0) is 6.54 Å². The topological polar surface area (TPSA) is 33.3 Å². The first-order valence-corrected chi connectivity index (χ1v) is 8.22. The van der Waals surface area contributed by atoms with Gasteiger partial charge in [-0.25, -0.2) is 0 Å². The molecule has 0 spiro atoms. The molecule has 122 valence electrons.